The lowest BCUT2D eigenvalue weighted by molar-refractivity contribution is -0.142. The predicted octanol–water partition coefficient (Wildman–Crippen LogP) is 1.20. The van der Waals surface area contributed by atoms with Crippen LogP contribution in [0.2, 0.25) is 4.34 Å². The molecule has 1 heterocycles. The number of nitrogens with zero attached hydrogens (tertiary/aromatic N) is 2. The molecule has 18 heavy (non-hydrogen) atoms. The Labute approximate surface area is 115 Å². The maximum atomic E-state index is 11.2. The lowest BCUT2D eigenvalue weighted by Crippen LogP contribution is -2.06. The van der Waals surface area contributed by atoms with Gasteiger partial charge in [-0.25, -0.2) is 9.78 Å². The molecule has 0 atom stereocenters. The molecule has 0 aliphatic heterocycles. The normalized spacial score (nSPS) is 10.3. The van der Waals surface area contributed by atoms with Crippen molar-refractivity contribution in [3.63, 3.8) is 0 Å². The largest absolute Gasteiger partial charge is 0.341 e. The van der Waals surface area contributed by atoms with E-state index < -0.39 is 11.2 Å². The highest BCUT2D eigenvalue weighted by Gasteiger charge is 2.14. The van der Waals surface area contributed by atoms with Crippen LogP contribution in [0, 0.1) is 0 Å². The first-order valence-corrected chi connectivity index (χ1v) is 5.88. The molecule has 0 radical (unpaired) electrons. The number of carbonyl (C=O) groups is 3. The van der Waals surface area contributed by atoms with Crippen molar-refractivity contribution in [1.29, 1.82) is 0 Å². The Morgan fingerprint density at radius 2 is 2.28 bits per heavy atom. The Morgan fingerprint density at radius 3 is 2.89 bits per heavy atom. The van der Waals surface area contributed by atoms with Gasteiger partial charge in [0, 0.05) is 0 Å². The van der Waals surface area contributed by atoms with Crippen molar-refractivity contribution in [3.8, 4) is 0 Å². The molecule has 7 nitrogen and oxygen atoms in total. The lowest BCUT2D eigenvalue weighted by Gasteiger charge is -1.94. The SMILES string of the molecule is O=CNc1nc(CC(=O)O/N=C\C(=O)Cl)c(Cl)s1. The van der Waals surface area contributed by atoms with Crippen LogP contribution in [0.5, 0.6) is 0 Å². The summed E-state index contributed by atoms with van der Waals surface area (Å²) < 4.78 is 0.244. The number of hydrogen-bond acceptors (Lipinski definition) is 7. The van der Waals surface area contributed by atoms with Crippen LogP contribution in [0.3, 0.4) is 0 Å². The van der Waals surface area contributed by atoms with Crippen LogP contribution in [0.4, 0.5) is 5.13 Å². The first-order valence-electron chi connectivity index (χ1n) is 4.31. The molecular weight excluding hydrogens is 305 g/mol. The fourth-order valence-corrected chi connectivity index (χ4v) is 1.89. The molecule has 1 rings (SSSR count). The number of aromatic nitrogens is 1. The number of amides is 1. The molecule has 0 fully saturated rings. The molecule has 1 N–H and O–H groups in total. The van der Waals surface area contributed by atoms with Gasteiger partial charge >= 0.3 is 5.97 Å². The summed E-state index contributed by atoms with van der Waals surface area (Å²) in [5.74, 6) is -0.769. The van der Waals surface area contributed by atoms with Gasteiger partial charge in [-0.15, -0.1) is 0 Å². The number of rotatable bonds is 6. The van der Waals surface area contributed by atoms with E-state index in [0.29, 0.717) is 12.6 Å². The van der Waals surface area contributed by atoms with Gasteiger partial charge in [-0.05, 0) is 11.6 Å². The average molecular weight is 310 g/mol. The van der Waals surface area contributed by atoms with Gasteiger partial charge in [-0.3, -0.25) is 9.59 Å². The van der Waals surface area contributed by atoms with Gasteiger partial charge in [0.25, 0.3) is 5.24 Å². The Morgan fingerprint density at radius 1 is 1.56 bits per heavy atom. The second-order valence-corrected chi connectivity index (χ2v) is 4.65. The summed E-state index contributed by atoms with van der Waals surface area (Å²) >= 11 is 11.7. The molecule has 0 saturated heterocycles. The van der Waals surface area contributed by atoms with E-state index in [2.05, 4.69) is 20.3 Å². The van der Waals surface area contributed by atoms with Gasteiger partial charge in [0.05, 0.1) is 12.1 Å². The van der Waals surface area contributed by atoms with Crippen molar-refractivity contribution >= 4 is 63.5 Å². The Bertz CT molecular complexity index is 503. The summed E-state index contributed by atoms with van der Waals surface area (Å²) in [5.41, 5.74) is 0.239. The molecule has 0 spiro atoms. The van der Waals surface area contributed by atoms with Gasteiger partial charge in [-0.2, -0.15) is 0 Å². The van der Waals surface area contributed by atoms with Crippen LogP contribution in [0.25, 0.3) is 0 Å². The predicted molar refractivity (Wildman–Crippen MR) is 66.0 cm³/mol. The van der Waals surface area contributed by atoms with E-state index in [1.165, 1.54) is 0 Å². The number of anilines is 1. The first kappa shape index (κ1) is 14.6. The first-order chi connectivity index (χ1) is 8.52. The van der Waals surface area contributed by atoms with Crippen molar-refractivity contribution in [2.24, 2.45) is 5.16 Å². The molecule has 1 aromatic rings. The maximum Gasteiger partial charge on any atom is 0.341 e. The third-order valence-corrected chi connectivity index (χ3v) is 2.82. The summed E-state index contributed by atoms with van der Waals surface area (Å²) in [7, 11) is 0. The molecule has 0 aromatic carbocycles. The summed E-state index contributed by atoms with van der Waals surface area (Å²) in [6, 6.07) is 0. The van der Waals surface area contributed by atoms with E-state index in [1.54, 1.807) is 0 Å². The van der Waals surface area contributed by atoms with Crippen molar-refractivity contribution in [1.82, 2.24) is 4.98 Å². The number of nitrogens with one attached hydrogen (secondary N) is 1. The van der Waals surface area contributed by atoms with Crippen molar-refractivity contribution < 1.29 is 19.2 Å². The zero-order chi connectivity index (χ0) is 13.5. The minimum Gasteiger partial charge on any atom is -0.318 e. The summed E-state index contributed by atoms with van der Waals surface area (Å²) in [6.45, 7) is 0. The third kappa shape index (κ3) is 4.78. The van der Waals surface area contributed by atoms with E-state index >= 15 is 0 Å². The van der Waals surface area contributed by atoms with Gasteiger partial charge in [-0.1, -0.05) is 28.1 Å². The molecule has 10 heteroatoms. The van der Waals surface area contributed by atoms with Crippen LogP contribution in [-0.4, -0.2) is 28.8 Å². The van der Waals surface area contributed by atoms with E-state index in [1.807, 2.05) is 0 Å². The van der Waals surface area contributed by atoms with E-state index in [9.17, 15) is 14.4 Å². The fraction of sp³-hybridized carbons (Fsp3) is 0.125. The van der Waals surface area contributed by atoms with Crippen molar-refractivity contribution in [2.75, 3.05) is 5.32 Å². The number of oxime groups is 1. The quantitative estimate of drug-likeness (QED) is 0.280. The van der Waals surface area contributed by atoms with Crippen LogP contribution in [0.1, 0.15) is 5.69 Å². The highest BCUT2D eigenvalue weighted by molar-refractivity contribution is 7.19. The molecule has 1 amide bonds. The van der Waals surface area contributed by atoms with Crippen LogP contribution >= 0.6 is 34.5 Å². The van der Waals surface area contributed by atoms with E-state index in [-0.39, 0.29) is 21.6 Å². The highest BCUT2D eigenvalue weighted by atomic mass is 35.5. The molecule has 96 valence electrons. The number of hydrogen-bond donors (Lipinski definition) is 1. The number of halogens is 2. The Hall–Kier alpha value is -1.51. The Kier molecular flexibility index (Phi) is 5.69. The number of thiazole rings is 1. The summed E-state index contributed by atoms with van der Waals surface area (Å²) in [6.07, 6.45) is 0.832. The molecule has 0 saturated carbocycles. The summed E-state index contributed by atoms with van der Waals surface area (Å²) in [4.78, 5) is 39.9. The standard InChI is InChI=1S/C8H5Cl2N3O4S/c9-5(15)2-12-17-6(16)1-4-7(10)18-8(13-4)11-3-14/h2-3H,1H2,(H,11,13,14)/b12-2-. The minimum absolute atomic E-state index is 0.239. The topological polar surface area (TPSA) is 97.7 Å². The van der Waals surface area contributed by atoms with Crippen molar-refractivity contribution in [2.45, 2.75) is 6.42 Å². The maximum absolute atomic E-state index is 11.2. The number of carbonyl (C=O) groups excluding carboxylic acids is 3. The van der Waals surface area contributed by atoms with Gasteiger partial charge in [0.1, 0.15) is 10.6 Å². The second kappa shape index (κ2) is 7.04. The average Bonchev–Trinajstić information content (AvgIpc) is 2.59. The smallest absolute Gasteiger partial charge is 0.318 e. The monoisotopic (exact) mass is 309 g/mol. The lowest BCUT2D eigenvalue weighted by atomic mass is 10.3. The zero-order valence-corrected chi connectivity index (χ0v) is 10.9. The molecule has 0 aliphatic rings. The van der Waals surface area contributed by atoms with E-state index in [0.717, 1.165) is 11.3 Å². The molecule has 0 aliphatic carbocycles. The van der Waals surface area contributed by atoms with Crippen LogP contribution in [-0.2, 0) is 25.6 Å². The van der Waals surface area contributed by atoms with Crippen LogP contribution in [0.15, 0.2) is 5.16 Å². The fourth-order valence-electron chi connectivity index (χ4n) is 0.850. The Balaban J connectivity index is 2.58. The zero-order valence-electron chi connectivity index (χ0n) is 8.55. The highest BCUT2D eigenvalue weighted by Crippen LogP contribution is 2.28. The molecular formula is C8H5Cl2N3O4S. The second-order valence-electron chi connectivity index (χ2n) is 2.68. The molecule has 0 bridgehead atoms. The minimum atomic E-state index is -0.869. The summed E-state index contributed by atoms with van der Waals surface area (Å²) in [5, 5.41) is 4.74. The van der Waals surface area contributed by atoms with Gasteiger partial charge < -0.3 is 10.2 Å². The van der Waals surface area contributed by atoms with E-state index in [4.69, 9.17) is 23.2 Å². The van der Waals surface area contributed by atoms with Gasteiger partial charge in [0.15, 0.2) is 5.13 Å². The molecule has 1 aromatic heterocycles. The van der Waals surface area contributed by atoms with Gasteiger partial charge in [0.2, 0.25) is 6.41 Å². The molecule has 0 unspecified atom stereocenters. The van der Waals surface area contributed by atoms with Crippen molar-refractivity contribution in [3.05, 3.63) is 10.0 Å². The third-order valence-electron chi connectivity index (χ3n) is 1.45. The van der Waals surface area contributed by atoms with Crippen LogP contribution < -0.4 is 5.32 Å².